The Balaban J connectivity index is 1.45. The van der Waals surface area contributed by atoms with E-state index in [2.05, 4.69) is 15.3 Å². The van der Waals surface area contributed by atoms with Gasteiger partial charge in [-0.15, -0.1) is 0 Å². The van der Waals surface area contributed by atoms with Crippen LogP contribution >= 0.6 is 0 Å². The van der Waals surface area contributed by atoms with Gasteiger partial charge in [0.25, 0.3) is 0 Å². The number of carbonyl (C=O) groups is 1. The third kappa shape index (κ3) is 3.96. The number of hydrogen-bond acceptors (Lipinski definition) is 5. The zero-order valence-corrected chi connectivity index (χ0v) is 17.0. The Morgan fingerprint density at radius 2 is 1.90 bits per heavy atom. The first-order chi connectivity index (χ1) is 14.5. The van der Waals surface area contributed by atoms with Gasteiger partial charge in [0, 0.05) is 6.07 Å². The summed E-state index contributed by atoms with van der Waals surface area (Å²) in [4.78, 5) is 21.3. The number of para-hydroxylation sites is 2. The molecule has 7 heteroatoms. The van der Waals surface area contributed by atoms with Gasteiger partial charge in [-0.3, -0.25) is 4.79 Å². The molecule has 0 bridgehead atoms. The zero-order valence-electron chi connectivity index (χ0n) is 17.0. The number of methoxy groups -OCH3 is 1. The smallest absolute Gasteiger partial charge is 0.247 e. The number of ether oxygens (including phenoxy) is 2. The van der Waals surface area contributed by atoms with Crippen LogP contribution in [0.25, 0.3) is 11.0 Å². The maximum Gasteiger partial charge on any atom is 0.247 e. The summed E-state index contributed by atoms with van der Waals surface area (Å²) in [5.41, 5.74) is 3.42. The third-order valence-electron chi connectivity index (χ3n) is 4.82. The van der Waals surface area contributed by atoms with Gasteiger partial charge < -0.3 is 19.4 Å². The number of hydrogen-bond donors (Lipinski definition) is 1. The molecule has 0 saturated heterocycles. The zero-order chi connectivity index (χ0) is 21.1. The van der Waals surface area contributed by atoms with Gasteiger partial charge >= 0.3 is 0 Å². The van der Waals surface area contributed by atoms with Crippen LogP contribution in [0.3, 0.4) is 0 Å². The summed E-state index contributed by atoms with van der Waals surface area (Å²) in [6.45, 7) is 3.81. The van der Waals surface area contributed by atoms with Crippen molar-refractivity contribution in [3.63, 3.8) is 0 Å². The minimum Gasteiger partial charge on any atom is -0.493 e. The molecule has 1 unspecified atom stereocenters. The number of rotatable bonds is 6. The Morgan fingerprint density at radius 1 is 1.07 bits per heavy atom. The number of anilines is 1. The van der Waals surface area contributed by atoms with E-state index >= 15 is 0 Å². The fourth-order valence-corrected chi connectivity index (χ4v) is 3.15. The van der Waals surface area contributed by atoms with Gasteiger partial charge in [0.1, 0.15) is 6.04 Å². The van der Waals surface area contributed by atoms with Gasteiger partial charge in [0.2, 0.25) is 11.8 Å². The lowest BCUT2D eigenvalue weighted by atomic mass is 10.2. The summed E-state index contributed by atoms with van der Waals surface area (Å²) in [6.07, 6.45) is 3.24. The Bertz CT molecular complexity index is 1180. The van der Waals surface area contributed by atoms with Crippen molar-refractivity contribution in [2.75, 3.05) is 12.4 Å². The van der Waals surface area contributed by atoms with E-state index in [1.54, 1.807) is 31.8 Å². The average molecular weight is 402 g/mol. The summed E-state index contributed by atoms with van der Waals surface area (Å²) >= 11 is 0. The maximum absolute atomic E-state index is 12.7. The first-order valence-electron chi connectivity index (χ1n) is 9.56. The van der Waals surface area contributed by atoms with E-state index in [0.29, 0.717) is 23.1 Å². The first kappa shape index (κ1) is 19.4. The van der Waals surface area contributed by atoms with Crippen LogP contribution in [0.4, 0.5) is 5.69 Å². The fraction of sp³-hybridized carbons (Fsp3) is 0.174. The quantitative estimate of drug-likeness (QED) is 0.504. The SMILES string of the molecule is COc1cc(C)ccc1Oc1ccc(NC(=O)C(C)n2cnc3ccccc32)cn1. The van der Waals surface area contributed by atoms with E-state index in [1.807, 2.05) is 60.9 Å². The van der Waals surface area contributed by atoms with Crippen molar-refractivity contribution in [3.8, 4) is 17.4 Å². The lowest BCUT2D eigenvalue weighted by Gasteiger charge is -2.15. The highest BCUT2D eigenvalue weighted by atomic mass is 16.5. The van der Waals surface area contributed by atoms with Crippen molar-refractivity contribution in [3.05, 3.63) is 72.7 Å². The molecule has 0 radical (unpaired) electrons. The number of amides is 1. The highest BCUT2D eigenvalue weighted by Crippen LogP contribution is 2.31. The van der Waals surface area contributed by atoms with Crippen molar-refractivity contribution in [2.45, 2.75) is 19.9 Å². The Kier molecular flexibility index (Phi) is 5.34. The predicted octanol–water partition coefficient (Wildman–Crippen LogP) is 4.74. The normalized spacial score (nSPS) is 11.8. The maximum atomic E-state index is 12.7. The van der Waals surface area contributed by atoms with E-state index in [1.165, 1.54) is 0 Å². The Labute approximate surface area is 174 Å². The van der Waals surface area contributed by atoms with Crippen molar-refractivity contribution >= 4 is 22.6 Å². The molecule has 152 valence electrons. The number of pyridine rings is 1. The number of imidazole rings is 1. The number of aromatic nitrogens is 3. The van der Waals surface area contributed by atoms with E-state index in [-0.39, 0.29) is 5.91 Å². The molecule has 1 N–H and O–H groups in total. The van der Waals surface area contributed by atoms with Crippen LogP contribution in [0.5, 0.6) is 17.4 Å². The third-order valence-corrected chi connectivity index (χ3v) is 4.82. The minimum absolute atomic E-state index is 0.158. The van der Waals surface area contributed by atoms with Gasteiger partial charge in [-0.1, -0.05) is 18.2 Å². The molecule has 2 aromatic heterocycles. The van der Waals surface area contributed by atoms with Crippen LogP contribution in [0.1, 0.15) is 18.5 Å². The van der Waals surface area contributed by atoms with Crippen LogP contribution in [-0.4, -0.2) is 27.6 Å². The highest BCUT2D eigenvalue weighted by molar-refractivity contribution is 5.94. The molecule has 4 rings (SSSR count). The number of benzene rings is 2. The first-order valence-corrected chi connectivity index (χ1v) is 9.56. The Morgan fingerprint density at radius 3 is 2.67 bits per heavy atom. The second kappa shape index (κ2) is 8.24. The molecule has 0 aliphatic heterocycles. The molecule has 0 aliphatic carbocycles. The van der Waals surface area contributed by atoms with E-state index in [4.69, 9.17) is 9.47 Å². The van der Waals surface area contributed by atoms with Crippen LogP contribution in [0, 0.1) is 6.92 Å². The van der Waals surface area contributed by atoms with Crippen molar-refractivity contribution in [1.29, 1.82) is 0 Å². The molecule has 0 aliphatic rings. The molecule has 2 aromatic carbocycles. The molecular formula is C23H22N4O3. The van der Waals surface area contributed by atoms with E-state index < -0.39 is 6.04 Å². The van der Waals surface area contributed by atoms with Gasteiger partial charge in [-0.2, -0.15) is 0 Å². The second-order valence-corrected chi connectivity index (χ2v) is 6.95. The highest BCUT2D eigenvalue weighted by Gasteiger charge is 2.17. The summed E-state index contributed by atoms with van der Waals surface area (Å²) in [5.74, 6) is 1.46. The molecule has 0 fully saturated rings. The molecule has 2 heterocycles. The minimum atomic E-state index is -0.426. The second-order valence-electron chi connectivity index (χ2n) is 6.95. The fourth-order valence-electron chi connectivity index (χ4n) is 3.15. The number of carbonyl (C=O) groups excluding carboxylic acids is 1. The lowest BCUT2D eigenvalue weighted by molar-refractivity contribution is -0.118. The van der Waals surface area contributed by atoms with Crippen molar-refractivity contribution in [1.82, 2.24) is 14.5 Å². The molecule has 0 saturated carbocycles. The molecule has 1 amide bonds. The number of aryl methyl sites for hydroxylation is 1. The molecule has 0 spiro atoms. The monoisotopic (exact) mass is 402 g/mol. The summed E-state index contributed by atoms with van der Waals surface area (Å²) in [5, 5.41) is 2.89. The average Bonchev–Trinajstić information content (AvgIpc) is 3.20. The largest absolute Gasteiger partial charge is 0.493 e. The number of fused-ring (bicyclic) bond motifs is 1. The van der Waals surface area contributed by atoms with Crippen LogP contribution in [-0.2, 0) is 4.79 Å². The predicted molar refractivity (Wildman–Crippen MR) is 115 cm³/mol. The lowest BCUT2D eigenvalue weighted by Crippen LogP contribution is -2.23. The van der Waals surface area contributed by atoms with E-state index in [9.17, 15) is 4.79 Å². The summed E-state index contributed by atoms with van der Waals surface area (Å²) in [7, 11) is 1.60. The van der Waals surface area contributed by atoms with Crippen LogP contribution in [0.15, 0.2) is 67.1 Å². The molecule has 7 nitrogen and oxygen atoms in total. The van der Waals surface area contributed by atoms with Gasteiger partial charge in [0.15, 0.2) is 11.5 Å². The molecular weight excluding hydrogens is 380 g/mol. The number of nitrogens with one attached hydrogen (secondary N) is 1. The van der Waals surface area contributed by atoms with Gasteiger partial charge in [-0.05, 0) is 49.7 Å². The molecule has 1 atom stereocenters. The van der Waals surface area contributed by atoms with Crippen molar-refractivity contribution < 1.29 is 14.3 Å². The van der Waals surface area contributed by atoms with E-state index in [0.717, 1.165) is 16.6 Å². The molecule has 4 aromatic rings. The number of nitrogens with zero attached hydrogens (tertiary/aromatic N) is 3. The standard InChI is InChI=1S/C23H22N4O3/c1-15-8-10-20(21(12-15)29-3)30-22-11-9-17(13-24-22)26-23(28)16(2)27-14-25-18-6-4-5-7-19(18)27/h4-14,16H,1-3H3,(H,26,28). The topological polar surface area (TPSA) is 78.3 Å². The van der Waals surface area contributed by atoms with Crippen LogP contribution < -0.4 is 14.8 Å². The summed E-state index contributed by atoms with van der Waals surface area (Å²) < 4.78 is 13.0. The Hall–Kier alpha value is -3.87. The molecule has 30 heavy (non-hydrogen) atoms. The van der Waals surface area contributed by atoms with Gasteiger partial charge in [0.05, 0.1) is 36.4 Å². The van der Waals surface area contributed by atoms with Crippen molar-refractivity contribution in [2.24, 2.45) is 0 Å². The summed E-state index contributed by atoms with van der Waals surface area (Å²) in [6, 6.07) is 16.4. The van der Waals surface area contributed by atoms with Gasteiger partial charge in [-0.25, -0.2) is 9.97 Å². The van der Waals surface area contributed by atoms with Crippen LogP contribution in [0.2, 0.25) is 0 Å².